The average Bonchev–Trinajstić information content (AvgIpc) is 3.28. The van der Waals surface area contributed by atoms with Crippen molar-refractivity contribution in [2.24, 2.45) is 5.92 Å². The number of rotatable bonds is 10. The van der Waals surface area contributed by atoms with Gasteiger partial charge in [0.25, 0.3) is 5.91 Å². The van der Waals surface area contributed by atoms with Gasteiger partial charge in [-0.3, -0.25) is 4.79 Å². The number of aryl methyl sites for hydroxylation is 1. The maximum absolute atomic E-state index is 12.2. The lowest BCUT2D eigenvalue weighted by molar-refractivity contribution is 0.0921. The molecule has 0 bridgehead atoms. The molecule has 2 N–H and O–H groups in total. The third-order valence-corrected chi connectivity index (χ3v) is 5.95. The first-order chi connectivity index (χ1) is 15.4. The quantitative estimate of drug-likeness (QED) is 0.539. The number of hydrogen-bond acceptors (Lipinski definition) is 7. The van der Waals surface area contributed by atoms with Gasteiger partial charge in [-0.05, 0) is 69.2 Å². The molecule has 32 heavy (non-hydrogen) atoms. The summed E-state index contributed by atoms with van der Waals surface area (Å²) < 4.78 is 11.3. The van der Waals surface area contributed by atoms with Gasteiger partial charge in [-0.2, -0.15) is 4.98 Å². The predicted molar refractivity (Wildman–Crippen MR) is 123 cm³/mol. The minimum Gasteiger partial charge on any atom is -0.494 e. The molecule has 8 nitrogen and oxygen atoms in total. The molecule has 2 heterocycles. The SMILES string of the molecule is Cc1cc(OCCCC2CCN(c3nc(C(C)C)no3)CC2)ccc1C(=O)NC(C)CO. The topological polar surface area (TPSA) is 101 Å². The van der Waals surface area contributed by atoms with Gasteiger partial charge in [0, 0.05) is 30.6 Å². The Hall–Kier alpha value is -2.61. The van der Waals surface area contributed by atoms with Crippen LogP contribution in [0.4, 0.5) is 6.01 Å². The van der Waals surface area contributed by atoms with E-state index in [-0.39, 0.29) is 24.5 Å². The molecule has 0 aliphatic carbocycles. The van der Waals surface area contributed by atoms with E-state index in [1.165, 1.54) is 0 Å². The third-order valence-electron chi connectivity index (χ3n) is 5.95. The number of nitrogens with zero attached hydrogens (tertiary/aromatic N) is 3. The van der Waals surface area contributed by atoms with E-state index in [0.717, 1.165) is 55.9 Å². The van der Waals surface area contributed by atoms with Gasteiger partial charge in [0.2, 0.25) is 0 Å². The summed E-state index contributed by atoms with van der Waals surface area (Å²) in [5, 5.41) is 15.9. The zero-order valence-electron chi connectivity index (χ0n) is 19.6. The summed E-state index contributed by atoms with van der Waals surface area (Å²) in [6.07, 6.45) is 4.37. The molecule has 1 fully saturated rings. The molecule has 0 saturated carbocycles. The van der Waals surface area contributed by atoms with Crippen LogP contribution < -0.4 is 15.0 Å². The fourth-order valence-corrected chi connectivity index (χ4v) is 3.89. The third kappa shape index (κ3) is 6.45. The molecule has 1 amide bonds. The molecule has 1 aliphatic rings. The summed E-state index contributed by atoms with van der Waals surface area (Å²) >= 11 is 0. The first kappa shape index (κ1) is 24.0. The van der Waals surface area contributed by atoms with E-state index < -0.39 is 0 Å². The maximum atomic E-state index is 12.2. The van der Waals surface area contributed by atoms with E-state index in [0.29, 0.717) is 24.1 Å². The van der Waals surface area contributed by atoms with Crippen LogP contribution >= 0.6 is 0 Å². The van der Waals surface area contributed by atoms with Crippen LogP contribution in [0.25, 0.3) is 0 Å². The van der Waals surface area contributed by atoms with Crippen molar-refractivity contribution < 1.29 is 19.2 Å². The molecule has 1 saturated heterocycles. The zero-order valence-corrected chi connectivity index (χ0v) is 19.6. The lowest BCUT2D eigenvalue weighted by Crippen LogP contribution is -2.35. The number of aliphatic hydroxyl groups excluding tert-OH is 1. The number of piperidine rings is 1. The van der Waals surface area contributed by atoms with Crippen molar-refractivity contribution in [2.75, 3.05) is 31.2 Å². The second-order valence-corrected chi connectivity index (χ2v) is 9.04. The van der Waals surface area contributed by atoms with Gasteiger partial charge in [0.1, 0.15) is 5.75 Å². The van der Waals surface area contributed by atoms with Gasteiger partial charge in [-0.25, -0.2) is 0 Å². The Morgan fingerprint density at radius 3 is 2.69 bits per heavy atom. The van der Waals surface area contributed by atoms with Crippen LogP contribution in [-0.2, 0) is 0 Å². The fraction of sp³-hybridized carbons (Fsp3) is 0.625. The first-order valence-electron chi connectivity index (χ1n) is 11.6. The normalized spacial score (nSPS) is 15.8. The lowest BCUT2D eigenvalue weighted by Gasteiger charge is -2.30. The molecule has 0 spiro atoms. The lowest BCUT2D eigenvalue weighted by atomic mass is 9.92. The number of hydrogen-bond donors (Lipinski definition) is 2. The largest absolute Gasteiger partial charge is 0.494 e. The first-order valence-corrected chi connectivity index (χ1v) is 11.6. The van der Waals surface area contributed by atoms with E-state index in [1.807, 2.05) is 19.1 Å². The van der Waals surface area contributed by atoms with E-state index >= 15 is 0 Å². The Bertz CT molecular complexity index is 875. The Balaban J connectivity index is 1.37. The molecule has 1 aromatic carbocycles. The van der Waals surface area contributed by atoms with Crippen molar-refractivity contribution in [3.8, 4) is 5.75 Å². The van der Waals surface area contributed by atoms with Gasteiger partial charge in [0.05, 0.1) is 13.2 Å². The summed E-state index contributed by atoms with van der Waals surface area (Å²) in [5.74, 6) is 2.33. The Labute approximate surface area is 190 Å². The number of benzene rings is 1. The smallest absolute Gasteiger partial charge is 0.324 e. The molecular formula is C24H36N4O4. The van der Waals surface area contributed by atoms with Gasteiger partial charge in [-0.1, -0.05) is 19.0 Å². The number of anilines is 1. The highest BCUT2D eigenvalue weighted by Crippen LogP contribution is 2.26. The number of amides is 1. The number of aliphatic hydroxyl groups is 1. The molecular weight excluding hydrogens is 408 g/mol. The molecule has 176 valence electrons. The van der Waals surface area contributed by atoms with Crippen LogP contribution in [0.1, 0.15) is 74.1 Å². The monoisotopic (exact) mass is 444 g/mol. The second-order valence-electron chi connectivity index (χ2n) is 9.04. The molecule has 1 atom stereocenters. The number of ether oxygens (including phenoxy) is 1. The van der Waals surface area contributed by atoms with Crippen LogP contribution in [0.2, 0.25) is 0 Å². The van der Waals surface area contributed by atoms with E-state index in [1.54, 1.807) is 13.0 Å². The summed E-state index contributed by atoms with van der Waals surface area (Å²) in [6, 6.07) is 5.89. The predicted octanol–water partition coefficient (Wildman–Crippen LogP) is 3.69. The molecule has 1 aromatic heterocycles. The van der Waals surface area contributed by atoms with Gasteiger partial charge in [0.15, 0.2) is 5.82 Å². The van der Waals surface area contributed by atoms with E-state index in [4.69, 9.17) is 14.4 Å². The summed E-state index contributed by atoms with van der Waals surface area (Å²) in [4.78, 5) is 18.9. The Kier molecular flexibility index (Phi) is 8.50. The maximum Gasteiger partial charge on any atom is 0.324 e. The van der Waals surface area contributed by atoms with Gasteiger partial charge >= 0.3 is 6.01 Å². The number of carbonyl (C=O) groups is 1. The Morgan fingerprint density at radius 1 is 1.31 bits per heavy atom. The Morgan fingerprint density at radius 2 is 2.06 bits per heavy atom. The van der Waals surface area contributed by atoms with Crippen LogP contribution in [0.15, 0.2) is 22.7 Å². The second kappa shape index (κ2) is 11.3. The molecule has 1 aliphatic heterocycles. The highest BCUT2D eigenvalue weighted by Gasteiger charge is 2.23. The fourth-order valence-electron chi connectivity index (χ4n) is 3.89. The van der Waals surface area contributed by atoms with E-state index in [2.05, 4.69) is 34.2 Å². The molecule has 2 aromatic rings. The van der Waals surface area contributed by atoms with Crippen LogP contribution in [0.5, 0.6) is 5.75 Å². The van der Waals surface area contributed by atoms with E-state index in [9.17, 15) is 4.79 Å². The molecule has 3 rings (SSSR count). The van der Waals surface area contributed by atoms with Crippen molar-refractivity contribution in [3.05, 3.63) is 35.2 Å². The molecule has 8 heteroatoms. The van der Waals surface area contributed by atoms with Crippen molar-refractivity contribution in [1.82, 2.24) is 15.5 Å². The van der Waals surface area contributed by atoms with Crippen LogP contribution in [0.3, 0.4) is 0 Å². The van der Waals surface area contributed by atoms with Crippen LogP contribution in [0, 0.1) is 12.8 Å². The van der Waals surface area contributed by atoms with Crippen molar-refractivity contribution in [2.45, 2.75) is 65.3 Å². The van der Waals surface area contributed by atoms with Crippen molar-refractivity contribution in [1.29, 1.82) is 0 Å². The highest BCUT2D eigenvalue weighted by molar-refractivity contribution is 5.95. The minimum atomic E-state index is -0.269. The number of nitrogens with one attached hydrogen (secondary N) is 1. The molecule has 1 unspecified atom stereocenters. The minimum absolute atomic E-state index is 0.0823. The zero-order chi connectivity index (χ0) is 23.1. The summed E-state index contributed by atoms with van der Waals surface area (Å²) in [6.45, 7) is 10.3. The highest BCUT2D eigenvalue weighted by atomic mass is 16.5. The summed E-state index contributed by atoms with van der Waals surface area (Å²) in [5.41, 5.74) is 1.46. The van der Waals surface area contributed by atoms with Crippen LogP contribution in [-0.4, -0.2) is 53.5 Å². The number of aromatic nitrogens is 2. The van der Waals surface area contributed by atoms with Gasteiger partial charge in [-0.15, -0.1) is 0 Å². The standard InChI is InChI=1S/C24H36N4O4/c1-16(2)22-26-24(32-27-22)28-11-9-19(10-12-28)6-5-13-31-20-7-8-21(17(3)14-20)23(30)25-18(4)15-29/h7-8,14,16,18-19,29H,5-6,9-13,15H2,1-4H3,(H,25,30). The molecule has 0 radical (unpaired) electrons. The van der Waals surface area contributed by atoms with Gasteiger partial charge < -0.3 is 24.6 Å². The average molecular weight is 445 g/mol. The van der Waals surface area contributed by atoms with Crippen molar-refractivity contribution in [3.63, 3.8) is 0 Å². The summed E-state index contributed by atoms with van der Waals surface area (Å²) in [7, 11) is 0. The number of carbonyl (C=O) groups excluding carboxylic acids is 1. The van der Waals surface area contributed by atoms with Crippen molar-refractivity contribution >= 4 is 11.9 Å².